The summed E-state index contributed by atoms with van der Waals surface area (Å²) in [6.45, 7) is 4.51. The first-order chi connectivity index (χ1) is 23.2. The van der Waals surface area contributed by atoms with Gasteiger partial charge in [0, 0.05) is 67.4 Å². The summed E-state index contributed by atoms with van der Waals surface area (Å²) >= 11 is 10.1. The Bertz CT molecular complexity index is 1750. The number of piperazine rings is 1. The maximum Gasteiger partial charge on any atom is 0.242 e. The highest BCUT2D eigenvalue weighted by Gasteiger charge is 2.44. The molecule has 6 rings (SSSR count). The van der Waals surface area contributed by atoms with E-state index in [9.17, 15) is 13.2 Å². The molecule has 0 N–H and O–H groups in total. The van der Waals surface area contributed by atoms with E-state index >= 15 is 0 Å². The van der Waals surface area contributed by atoms with Crippen molar-refractivity contribution in [3.63, 3.8) is 0 Å². The monoisotopic (exact) mass is 752 g/mol. The molecule has 0 radical (unpaired) electrons. The number of imidazole rings is 1. The highest BCUT2D eigenvalue weighted by Crippen LogP contribution is 2.39. The first kappa shape index (κ1) is 34.8. The molecule has 2 atom stereocenters. The number of amides is 1. The lowest BCUT2D eigenvalue weighted by Crippen LogP contribution is -2.61. The number of aryl methyl sites for hydroxylation is 3. The molecular formula is C36H42BrClN6O3S. The number of hydrogen-bond donors (Lipinski definition) is 0. The van der Waals surface area contributed by atoms with E-state index in [2.05, 4.69) is 37.9 Å². The van der Waals surface area contributed by atoms with Gasteiger partial charge in [-0.15, -0.1) is 0 Å². The predicted molar refractivity (Wildman–Crippen MR) is 192 cm³/mol. The Morgan fingerprint density at radius 2 is 1.88 bits per heavy atom. The molecular weight excluding hydrogens is 712 g/mol. The summed E-state index contributed by atoms with van der Waals surface area (Å²) in [5, 5.41) is 0.680. The van der Waals surface area contributed by atoms with Gasteiger partial charge in [0.05, 0.1) is 23.8 Å². The third-order valence-corrected chi connectivity index (χ3v) is 12.0. The van der Waals surface area contributed by atoms with Crippen molar-refractivity contribution in [1.29, 1.82) is 0 Å². The first-order valence-electron chi connectivity index (χ1n) is 16.7. The second-order valence-electron chi connectivity index (χ2n) is 12.6. The van der Waals surface area contributed by atoms with Crippen LogP contribution in [0, 0.1) is 0 Å². The fraction of sp³-hybridized carbons (Fsp3) is 0.417. The molecule has 48 heavy (non-hydrogen) atoms. The van der Waals surface area contributed by atoms with Crippen LogP contribution in [0.2, 0.25) is 5.02 Å². The van der Waals surface area contributed by atoms with E-state index < -0.39 is 16.1 Å². The van der Waals surface area contributed by atoms with Gasteiger partial charge in [0.25, 0.3) is 0 Å². The maximum absolute atomic E-state index is 14.8. The fourth-order valence-corrected chi connectivity index (χ4v) is 9.29. The first-order valence-corrected chi connectivity index (χ1v) is 19.5. The Balaban J connectivity index is 1.37. The molecule has 4 aromatic rings. The molecule has 0 spiro atoms. The summed E-state index contributed by atoms with van der Waals surface area (Å²) in [5.74, 6) is -0.154. The minimum Gasteiger partial charge on any atom is -0.337 e. The van der Waals surface area contributed by atoms with Crippen LogP contribution in [0.25, 0.3) is 0 Å². The van der Waals surface area contributed by atoms with Crippen LogP contribution in [0.15, 0.2) is 84.0 Å². The van der Waals surface area contributed by atoms with Gasteiger partial charge in [0.1, 0.15) is 6.04 Å². The molecule has 1 fully saturated rings. The molecule has 3 heterocycles. The minimum atomic E-state index is -3.69. The molecule has 1 amide bonds. The van der Waals surface area contributed by atoms with Crippen molar-refractivity contribution in [3.05, 3.63) is 117 Å². The number of benzene rings is 2. The van der Waals surface area contributed by atoms with E-state index in [-0.39, 0.29) is 30.8 Å². The van der Waals surface area contributed by atoms with Crippen LogP contribution in [0.4, 0.5) is 0 Å². The van der Waals surface area contributed by atoms with Crippen molar-refractivity contribution in [2.24, 2.45) is 0 Å². The van der Waals surface area contributed by atoms with E-state index in [0.29, 0.717) is 44.0 Å². The standard InChI is InChI=1S/C36H42BrClN6O3S/c1-2-3-20-48(46,47)44-19-18-42(35-32-13-12-31(38)22-28(32)10-11-29-21-30(37)23-40-34(29)35)25-33(44)36(45)43(24-27-8-5-4-6-9-27)16-7-15-41-17-14-39-26-41/h4-6,8-9,12-14,17,21-23,26,33,35H,2-3,7,10-11,15-16,18-20,24-25H2,1H3/t33-,35+/m1/s1. The van der Waals surface area contributed by atoms with E-state index in [1.54, 1.807) is 12.5 Å². The van der Waals surface area contributed by atoms with Crippen LogP contribution < -0.4 is 0 Å². The number of carbonyl (C=O) groups is 1. The van der Waals surface area contributed by atoms with Crippen molar-refractivity contribution >= 4 is 43.5 Å². The van der Waals surface area contributed by atoms with Gasteiger partial charge in [0.15, 0.2) is 0 Å². The molecule has 2 aliphatic rings. The van der Waals surface area contributed by atoms with Crippen LogP contribution in [-0.4, -0.2) is 80.9 Å². The molecule has 2 aromatic heterocycles. The van der Waals surface area contributed by atoms with Crippen molar-refractivity contribution in [2.45, 2.75) is 64.2 Å². The van der Waals surface area contributed by atoms with Crippen LogP contribution in [0.1, 0.15) is 60.2 Å². The van der Waals surface area contributed by atoms with E-state index in [0.717, 1.165) is 51.7 Å². The number of rotatable bonds is 12. The average Bonchev–Trinajstić information content (AvgIpc) is 3.56. The molecule has 1 aliphatic carbocycles. The molecule has 2 aromatic carbocycles. The number of fused-ring (bicyclic) bond motifs is 2. The summed E-state index contributed by atoms with van der Waals surface area (Å²) in [5.41, 5.74) is 5.32. The smallest absolute Gasteiger partial charge is 0.242 e. The van der Waals surface area contributed by atoms with Gasteiger partial charge in [-0.3, -0.25) is 14.7 Å². The molecule has 12 heteroatoms. The van der Waals surface area contributed by atoms with Crippen LogP contribution in [0.3, 0.4) is 0 Å². The second-order valence-corrected chi connectivity index (χ2v) is 16.0. The summed E-state index contributed by atoms with van der Waals surface area (Å²) < 4.78 is 32.2. The highest BCUT2D eigenvalue weighted by atomic mass is 79.9. The summed E-state index contributed by atoms with van der Waals surface area (Å²) in [6.07, 6.45) is 10.9. The Morgan fingerprint density at radius 1 is 1.06 bits per heavy atom. The molecule has 0 saturated carbocycles. The Hall–Kier alpha value is -3.09. The summed E-state index contributed by atoms with van der Waals surface area (Å²) in [7, 11) is -3.69. The zero-order valence-electron chi connectivity index (χ0n) is 27.2. The van der Waals surface area contributed by atoms with Gasteiger partial charge in [0.2, 0.25) is 15.9 Å². The van der Waals surface area contributed by atoms with Crippen molar-refractivity contribution < 1.29 is 13.2 Å². The van der Waals surface area contributed by atoms with Gasteiger partial charge >= 0.3 is 0 Å². The maximum atomic E-state index is 14.8. The number of unbranched alkanes of at least 4 members (excludes halogenated alkanes) is 1. The largest absolute Gasteiger partial charge is 0.337 e. The number of hydrogen-bond acceptors (Lipinski definition) is 6. The number of nitrogens with zero attached hydrogens (tertiary/aromatic N) is 6. The van der Waals surface area contributed by atoms with Gasteiger partial charge < -0.3 is 9.47 Å². The van der Waals surface area contributed by atoms with Crippen LogP contribution in [-0.2, 0) is 40.7 Å². The second kappa shape index (κ2) is 15.6. The predicted octanol–water partition coefficient (Wildman–Crippen LogP) is 6.12. The number of pyridine rings is 1. The molecule has 0 bridgehead atoms. The topological polar surface area (TPSA) is 91.6 Å². The number of aromatic nitrogens is 3. The minimum absolute atomic E-state index is 0.0236. The SMILES string of the molecule is CCCCS(=O)(=O)N1CCN([C@H]2c3ccc(Cl)cc3CCc3cc(Br)cnc32)C[C@@H]1C(=O)N(CCCn1ccnc1)Cc1ccccc1. The molecule has 254 valence electrons. The highest BCUT2D eigenvalue weighted by molar-refractivity contribution is 9.10. The molecule has 9 nitrogen and oxygen atoms in total. The third-order valence-electron chi connectivity index (χ3n) is 9.35. The zero-order valence-corrected chi connectivity index (χ0v) is 30.4. The number of carbonyl (C=O) groups excluding carboxylic acids is 1. The Labute approximate surface area is 297 Å². The van der Waals surface area contributed by atoms with E-state index in [1.165, 1.54) is 4.31 Å². The number of sulfonamides is 1. The lowest BCUT2D eigenvalue weighted by Gasteiger charge is -2.44. The van der Waals surface area contributed by atoms with Crippen LogP contribution >= 0.6 is 27.5 Å². The third kappa shape index (κ3) is 8.03. The van der Waals surface area contributed by atoms with Gasteiger partial charge in [-0.25, -0.2) is 13.4 Å². The summed E-state index contributed by atoms with van der Waals surface area (Å²) in [4.78, 5) is 28.0. The van der Waals surface area contributed by atoms with Gasteiger partial charge in [-0.2, -0.15) is 4.31 Å². The van der Waals surface area contributed by atoms with Gasteiger partial charge in [-0.1, -0.05) is 61.3 Å². The van der Waals surface area contributed by atoms with Crippen molar-refractivity contribution in [3.8, 4) is 0 Å². The van der Waals surface area contributed by atoms with Crippen molar-refractivity contribution in [2.75, 3.05) is 31.9 Å². The van der Waals surface area contributed by atoms with Crippen LogP contribution in [0.5, 0.6) is 0 Å². The fourth-order valence-electron chi connectivity index (χ4n) is 6.93. The van der Waals surface area contributed by atoms with Gasteiger partial charge in [-0.05, 0) is 82.1 Å². The lowest BCUT2D eigenvalue weighted by molar-refractivity contribution is -0.138. The Morgan fingerprint density at radius 3 is 2.65 bits per heavy atom. The zero-order chi connectivity index (χ0) is 33.7. The summed E-state index contributed by atoms with van der Waals surface area (Å²) in [6, 6.07) is 16.9. The molecule has 0 unspecified atom stereocenters. The Kier molecular flexibility index (Phi) is 11.3. The molecule has 1 aliphatic heterocycles. The lowest BCUT2D eigenvalue weighted by atomic mass is 9.95. The molecule has 1 saturated heterocycles. The van der Waals surface area contributed by atoms with E-state index in [4.69, 9.17) is 16.6 Å². The number of halogens is 2. The normalized spacial score (nSPS) is 18.6. The van der Waals surface area contributed by atoms with E-state index in [1.807, 2.05) is 71.2 Å². The van der Waals surface area contributed by atoms with Crippen molar-refractivity contribution in [1.82, 2.24) is 28.6 Å². The quantitative estimate of drug-likeness (QED) is 0.173. The average molecular weight is 754 g/mol.